The van der Waals surface area contributed by atoms with Crippen molar-refractivity contribution in [1.29, 1.82) is 0 Å². The van der Waals surface area contributed by atoms with Gasteiger partial charge in [0.2, 0.25) is 0 Å². The lowest BCUT2D eigenvalue weighted by Crippen LogP contribution is -2.42. The first-order valence-corrected chi connectivity index (χ1v) is 8.93. The van der Waals surface area contributed by atoms with Crippen LogP contribution in [0.25, 0.3) is 0 Å². The molecular weight excluding hydrogens is 288 g/mol. The first-order valence-electron chi connectivity index (χ1n) is 7.49. The molecule has 0 N–H and O–H groups in total. The Morgan fingerprint density at radius 1 is 0.952 bits per heavy atom. The molecule has 0 spiro atoms. The molecule has 0 atom stereocenters. The Labute approximate surface area is 125 Å². The van der Waals surface area contributed by atoms with Crippen LogP contribution in [0.1, 0.15) is 32.1 Å². The van der Waals surface area contributed by atoms with E-state index in [1.807, 2.05) is 0 Å². The zero-order valence-corrected chi connectivity index (χ0v) is 12.8. The molecule has 1 saturated carbocycles. The van der Waals surface area contributed by atoms with Gasteiger partial charge in [0.15, 0.2) is 0 Å². The third-order valence-corrected chi connectivity index (χ3v) is 6.14. The van der Waals surface area contributed by atoms with Gasteiger partial charge < -0.3 is 4.90 Å². The maximum Gasteiger partial charge on any atom is 0.334 e. The molecule has 0 unspecified atom stereocenters. The number of amides is 2. The van der Waals surface area contributed by atoms with Crippen molar-refractivity contribution >= 4 is 16.1 Å². The van der Waals surface area contributed by atoms with Crippen molar-refractivity contribution in [2.75, 3.05) is 13.1 Å². The molecular formula is C15H20N2O3S. The van der Waals surface area contributed by atoms with Crippen LogP contribution < -0.4 is 0 Å². The molecule has 1 aliphatic carbocycles. The number of benzene rings is 1. The van der Waals surface area contributed by atoms with E-state index in [-0.39, 0.29) is 23.5 Å². The average molecular weight is 308 g/mol. The Hall–Kier alpha value is -1.56. The number of nitrogens with zero attached hydrogens (tertiary/aromatic N) is 2. The van der Waals surface area contributed by atoms with Crippen molar-refractivity contribution in [3.8, 4) is 0 Å². The topological polar surface area (TPSA) is 57.7 Å². The Kier molecular flexibility index (Phi) is 3.89. The fraction of sp³-hybridized carbons (Fsp3) is 0.533. The highest BCUT2D eigenvalue weighted by Gasteiger charge is 2.40. The summed E-state index contributed by atoms with van der Waals surface area (Å²) in [4.78, 5) is 14.4. The predicted molar refractivity (Wildman–Crippen MR) is 79.3 cm³/mol. The van der Waals surface area contributed by atoms with E-state index < -0.39 is 10.0 Å². The van der Waals surface area contributed by atoms with E-state index in [1.54, 1.807) is 23.1 Å². The maximum absolute atomic E-state index is 12.6. The van der Waals surface area contributed by atoms with Crippen LogP contribution in [-0.4, -0.2) is 42.8 Å². The molecule has 1 saturated heterocycles. The van der Waals surface area contributed by atoms with E-state index in [2.05, 4.69) is 0 Å². The van der Waals surface area contributed by atoms with Gasteiger partial charge in [-0.2, -0.15) is 0 Å². The molecule has 1 heterocycles. The van der Waals surface area contributed by atoms with E-state index in [0.717, 1.165) is 30.0 Å². The van der Waals surface area contributed by atoms with Gasteiger partial charge in [0, 0.05) is 12.6 Å². The van der Waals surface area contributed by atoms with E-state index >= 15 is 0 Å². The highest BCUT2D eigenvalue weighted by Crippen LogP contribution is 2.28. The van der Waals surface area contributed by atoms with Crippen LogP contribution in [0.2, 0.25) is 0 Å². The van der Waals surface area contributed by atoms with Gasteiger partial charge >= 0.3 is 6.03 Å². The predicted octanol–water partition coefficient (Wildman–Crippen LogP) is 2.45. The van der Waals surface area contributed by atoms with Gasteiger partial charge in [-0.25, -0.2) is 17.5 Å². The molecule has 3 rings (SSSR count). The minimum Gasteiger partial charge on any atom is -0.319 e. The average Bonchev–Trinajstić information content (AvgIpc) is 2.91. The fourth-order valence-corrected chi connectivity index (χ4v) is 4.60. The number of hydrogen-bond acceptors (Lipinski definition) is 3. The standard InChI is InChI=1S/C15H20N2O3S/c18-15-16(13-7-3-1-4-8-13)11-12-17(15)21(19,20)14-9-5-2-6-10-14/h2,5-6,9-10,13H,1,3-4,7-8,11-12H2. The Morgan fingerprint density at radius 2 is 1.62 bits per heavy atom. The van der Waals surface area contributed by atoms with Crippen molar-refractivity contribution in [1.82, 2.24) is 9.21 Å². The second-order valence-corrected chi connectivity index (χ2v) is 7.52. The summed E-state index contributed by atoms with van der Waals surface area (Å²) in [6.45, 7) is 0.766. The Balaban J connectivity index is 1.80. The van der Waals surface area contributed by atoms with Gasteiger partial charge in [-0.05, 0) is 25.0 Å². The number of urea groups is 1. The number of carbonyl (C=O) groups excluding carboxylic acids is 1. The molecule has 2 aliphatic rings. The second-order valence-electron chi connectivity index (χ2n) is 5.66. The molecule has 1 aromatic rings. The normalized spacial score (nSPS) is 21.0. The summed E-state index contributed by atoms with van der Waals surface area (Å²) in [5.41, 5.74) is 0. The molecule has 114 valence electrons. The van der Waals surface area contributed by atoms with Crippen molar-refractivity contribution in [2.45, 2.75) is 43.0 Å². The summed E-state index contributed by atoms with van der Waals surface area (Å²) in [5, 5.41) is 0. The zero-order valence-electron chi connectivity index (χ0n) is 11.9. The third kappa shape index (κ3) is 2.64. The van der Waals surface area contributed by atoms with E-state index in [0.29, 0.717) is 6.54 Å². The van der Waals surface area contributed by atoms with Gasteiger partial charge in [0.25, 0.3) is 10.0 Å². The van der Waals surface area contributed by atoms with Gasteiger partial charge in [-0.3, -0.25) is 0 Å². The zero-order chi connectivity index (χ0) is 14.9. The van der Waals surface area contributed by atoms with Crippen molar-refractivity contribution in [3.63, 3.8) is 0 Å². The SMILES string of the molecule is O=C1N(C2CCCCC2)CCN1S(=O)(=O)c1ccccc1. The van der Waals surface area contributed by atoms with Crippen LogP contribution in [0.3, 0.4) is 0 Å². The number of rotatable bonds is 3. The first kappa shape index (κ1) is 14.4. The minimum absolute atomic E-state index is 0.184. The van der Waals surface area contributed by atoms with Crippen LogP contribution in [0.4, 0.5) is 4.79 Å². The molecule has 1 aromatic carbocycles. The number of carbonyl (C=O) groups is 1. The Bertz CT molecular complexity index is 609. The molecule has 1 aliphatic heterocycles. The third-order valence-electron chi connectivity index (χ3n) is 4.35. The van der Waals surface area contributed by atoms with Crippen LogP contribution in [-0.2, 0) is 10.0 Å². The smallest absolute Gasteiger partial charge is 0.319 e. The van der Waals surface area contributed by atoms with E-state index in [1.165, 1.54) is 18.6 Å². The summed E-state index contributed by atoms with van der Waals surface area (Å²) in [6, 6.07) is 8.03. The maximum atomic E-state index is 12.6. The van der Waals surface area contributed by atoms with Gasteiger partial charge in [-0.15, -0.1) is 0 Å². The molecule has 0 aromatic heterocycles. The molecule has 21 heavy (non-hydrogen) atoms. The first-order chi connectivity index (χ1) is 10.1. The van der Waals surface area contributed by atoms with Crippen molar-refractivity contribution in [3.05, 3.63) is 30.3 Å². The molecule has 0 radical (unpaired) electrons. The summed E-state index contributed by atoms with van der Waals surface area (Å²) < 4.78 is 26.1. The highest BCUT2D eigenvalue weighted by molar-refractivity contribution is 7.89. The van der Waals surface area contributed by atoms with Crippen LogP contribution in [0.15, 0.2) is 35.2 Å². The van der Waals surface area contributed by atoms with Crippen molar-refractivity contribution < 1.29 is 13.2 Å². The summed E-state index contributed by atoms with van der Waals surface area (Å²) in [6.07, 6.45) is 5.44. The number of hydrogen-bond donors (Lipinski definition) is 0. The van der Waals surface area contributed by atoms with E-state index in [9.17, 15) is 13.2 Å². The fourth-order valence-electron chi connectivity index (χ4n) is 3.21. The van der Waals surface area contributed by atoms with E-state index in [4.69, 9.17) is 0 Å². The van der Waals surface area contributed by atoms with Gasteiger partial charge in [0.1, 0.15) is 0 Å². The molecule has 2 fully saturated rings. The molecule has 6 heteroatoms. The molecule has 5 nitrogen and oxygen atoms in total. The van der Waals surface area contributed by atoms with Crippen LogP contribution >= 0.6 is 0 Å². The highest BCUT2D eigenvalue weighted by atomic mass is 32.2. The largest absolute Gasteiger partial charge is 0.334 e. The minimum atomic E-state index is -3.72. The lowest BCUT2D eigenvalue weighted by molar-refractivity contribution is 0.173. The summed E-state index contributed by atoms with van der Waals surface area (Å²) in [5.74, 6) is 0. The molecule has 2 amide bonds. The molecule has 0 bridgehead atoms. The van der Waals surface area contributed by atoms with Crippen molar-refractivity contribution in [2.24, 2.45) is 0 Å². The lowest BCUT2D eigenvalue weighted by Gasteiger charge is -2.30. The van der Waals surface area contributed by atoms with Crippen LogP contribution in [0, 0.1) is 0 Å². The van der Waals surface area contributed by atoms with Crippen LogP contribution in [0.5, 0.6) is 0 Å². The monoisotopic (exact) mass is 308 g/mol. The number of sulfonamides is 1. The Morgan fingerprint density at radius 3 is 2.29 bits per heavy atom. The van der Waals surface area contributed by atoms with Gasteiger partial charge in [-0.1, -0.05) is 37.5 Å². The lowest BCUT2D eigenvalue weighted by atomic mass is 9.94. The quantitative estimate of drug-likeness (QED) is 0.862. The summed E-state index contributed by atoms with van der Waals surface area (Å²) >= 11 is 0. The van der Waals surface area contributed by atoms with Gasteiger partial charge in [0.05, 0.1) is 11.4 Å². The summed E-state index contributed by atoms with van der Waals surface area (Å²) in [7, 11) is -3.72. The second kappa shape index (κ2) is 5.67.